The summed E-state index contributed by atoms with van der Waals surface area (Å²) >= 11 is 0. The van der Waals surface area contributed by atoms with E-state index in [2.05, 4.69) is 17.2 Å². The van der Waals surface area contributed by atoms with Gasteiger partial charge in [0.2, 0.25) is 5.91 Å². The van der Waals surface area contributed by atoms with Crippen molar-refractivity contribution in [2.45, 2.75) is 39.3 Å². The van der Waals surface area contributed by atoms with Gasteiger partial charge in [0.15, 0.2) is 0 Å². The van der Waals surface area contributed by atoms with E-state index < -0.39 is 0 Å². The number of carbonyl (C=O) groups excluding carboxylic acids is 1. The molecule has 1 atom stereocenters. The molecule has 0 aliphatic heterocycles. The normalized spacial score (nSPS) is 12.2. The van der Waals surface area contributed by atoms with Crippen LogP contribution in [0.4, 0.5) is 0 Å². The Morgan fingerprint density at radius 3 is 2.58 bits per heavy atom. The fraction of sp³-hybridized carbons (Fsp3) is 0.300. The van der Waals surface area contributed by atoms with Crippen molar-refractivity contribution < 1.29 is 4.79 Å². The monoisotopic (exact) mass is 321 g/mol. The van der Waals surface area contributed by atoms with Crippen LogP contribution in [0.5, 0.6) is 0 Å². The highest BCUT2D eigenvalue weighted by molar-refractivity contribution is 5.81. The van der Waals surface area contributed by atoms with E-state index in [0.29, 0.717) is 6.54 Å². The Morgan fingerprint density at radius 2 is 1.83 bits per heavy atom. The molecule has 0 saturated carbocycles. The number of hydrogen-bond acceptors (Lipinski definition) is 2. The van der Waals surface area contributed by atoms with Gasteiger partial charge in [-0.3, -0.25) is 4.79 Å². The lowest BCUT2D eigenvalue weighted by Gasteiger charge is -2.15. The van der Waals surface area contributed by atoms with E-state index in [0.717, 1.165) is 35.3 Å². The molecule has 3 aromatic rings. The van der Waals surface area contributed by atoms with E-state index in [-0.39, 0.29) is 11.9 Å². The largest absolute Gasteiger partial charge is 0.348 e. The Hall–Kier alpha value is -2.62. The molecule has 1 heterocycles. The van der Waals surface area contributed by atoms with Crippen molar-refractivity contribution in [2.24, 2.45) is 0 Å². The predicted molar refractivity (Wildman–Crippen MR) is 96.7 cm³/mol. The highest BCUT2D eigenvalue weighted by atomic mass is 16.2. The Labute approximate surface area is 142 Å². The number of para-hydroxylation sites is 2. The zero-order valence-electron chi connectivity index (χ0n) is 14.2. The maximum absolute atomic E-state index is 12.5. The molecule has 1 aromatic heterocycles. The third kappa shape index (κ3) is 3.48. The van der Waals surface area contributed by atoms with Crippen LogP contribution in [0.25, 0.3) is 11.0 Å². The molecular weight excluding hydrogens is 298 g/mol. The van der Waals surface area contributed by atoms with E-state index in [4.69, 9.17) is 0 Å². The molecule has 4 nitrogen and oxygen atoms in total. The van der Waals surface area contributed by atoms with Crippen molar-refractivity contribution in [1.82, 2.24) is 14.9 Å². The third-order valence-corrected chi connectivity index (χ3v) is 4.19. The number of hydrogen-bond donors (Lipinski definition) is 1. The summed E-state index contributed by atoms with van der Waals surface area (Å²) in [6, 6.07) is 18.0. The van der Waals surface area contributed by atoms with Gasteiger partial charge >= 0.3 is 0 Å². The first-order valence-corrected chi connectivity index (χ1v) is 8.47. The van der Waals surface area contributed by atoms with Crippen LogP contribution in [0.2, 0.25) is 0 Å². The fourth-order valence-corrected chi connectivity index (χ4v) is 2.97. The first kappa shape index (κ1) is 16.2. The summed E-state index contributed by atoms with van der Waals surface area (Å²) in [5.74, 6) is 0.980. The maximum atomic E-state index is 12.5. The van der Waals surface area contributed by atoms with Gasteiger partial charge in [0.05, 0.1) is 17.1 Å². The Balaban J connectivity index is 1.79. The first-order chi connectivity index (χ1) is 11.7. The molecular formula is C20H23N3O. The molecule has 0 fully saturated rings. The second-order valence-corrected chi connectivity index (χ2v) is 6.05. The summed E-state index contributed by atoms with van der Waals surface area (Å²) in [5, 5.41) is 3.08. The summed E-state index contributed by atoms with van der Waals surface area (Å²) < 4.78 is 2.03. The Kier molecular flexibility index (Phi) is 4.94. The number of nitrogens with one attached hydrogen (secondary N) is 1. The molecule has 0 spiro atoms. The number of carbonyl (C=O) groups is 1. The molecule has 0 saturated heterocycles. The van der Waals surface area contributed by atoms with Crippen molar-refractivity contribution in [3.63, 3.8) is 0 Å². The molecule has 0 aliphatic carbocycles. The zero-order valence-corrected chi connectivity index (χ0v) is 14.2. The van der Waals surface area contributed by atoms with Crippen molar-refractivity contribution in [1.29, 1.82) is 0 Å². The molecule has 4 heteroatoms. The molecule has 2 aromatic carbocycles. The minimum atomic E-state index is -0.0110. The van der Waals surface area contributed by atoms with Crippen LogP contribution in [0.15, 0.2) is 54.6 Å². The summed E-state index contributed by atoms with van der Waals surface area (Å²) in [5.41, 5.74) is 3.07. The molecule has 24 heavy (non-hydrogen) atoms. The van der Waals surface area contributed by atoms with E-state index >= 15 is 0 Å². The van der Waals surface area contributed by atoms with Crippen molar-refractivity contribution in [3.8, 4) is 0 Å². The summed E-state index contributed by atoms with van der Waals surface area (Å²) in [4.78, 5) is 17.2. The Bertz CT molecular complexity index is 823. The molecule has 0 bridgehead atoms. The molecule has 0 radical (unpaired) electrons. The number of nitrogens with zero attached hydrogens (tertiary/aromatic N) is 2. The topological polar surface area (TPSA) is 46.9 Å². The van der Waals surface area contributed by atoms with Crippen LogP contribution in [0.1, 0.15) is 37.7 Å². The number of imidazole rings is 1. The minimum absolute atomic E-state index is 0.00635. The van der Waals surface area contributed by atoms with Gasteiger partial charge in [0.1, 0.15) is 12.4 Å². The first-order valence-electron chi connectivity index (χ1n) is 8.47. The van der Waals surface area contributed by atoms with Crippen LogP contribution >= 0.6 is 0 Å². The average Bonchev–Trinajstić information content (AvgIpc) is 2.93. The van der Waals surface area contributed by atoms with Crippen LogP contribution < -0.4 is 5.32 Å². The quantitative estimate of drug-likeness (QED) is 0.749. The molecule has 3 rings (SSSR count). The number of aromatic nitrogens is 2. The minimum Gasteiger partial charge on any atom is -0.348 e. The van der Waals surface area contributed by atoms with E-state index in [1.54, 1.807) is 0 Å². The zero-order chi connectivity index (χ0) is 16.9. The molecule has 0 aliphatic rings. The number of fused-ring (bicyclic) bond motifs is 1. The SMILES string of the molecule is CCCc1nc2ccccc2n1CC(=O)NC(C)c1ccccc1. The van der Waals surface area contributed by atoms with Gasteiger partial charge in [0, 0.05) is 6.42 Å². The molecule has 1 unspecified atom stereocenters. The van der Waals surface area contributed by atoms with E-state index in [1.807, 2.05) is 66.1 Å². The van der Waals surface area contributed by atoms with Crippen LogP contribution in [0, 0.1) is 0 Å². The standard InChI is InChI=1S/C20H23N3O/c1-3-9-19-22-17-12-7-8-13-18(17)23(19)14-20(24)21-15(2)16-10-5-4-6-11-16/h4-8,10-13,15H,3,9,14H2,1-2H3,(H,21,24). The number of benzene rings is 2. The maximum Gasteiger partial charge on any atom is 0.240 e. The second-order valence-electron chi connectivity index (χ2n) is 6.05. The Morgan fingerprint density at radius 1 is 1.12 bits per heavy atom. The van der Waals surface area contributed by atoms with Crippen molar-refractivity contribution in [3.05, 3.63) is 66.0 Å². The lowest BCUT2D eigenvalue weighted by molar-refractivity contribution is -0.122. The van der Waals surface area contributed by atoms with Gasteiger partial charge in [0.25, 0.3) is 0 Å². The molecule has 1 amide bonds. The van der Waals surface area contributed by atoms with Gasteiger partial charge < -0.3 is 9.88 Å². The van der Waals surface area contributed by atoms with Crippen LogP contribution in [-0.4, -0.2) is 15.5 Å². The van der Waals surface area contributed by atoms with Crippen LogP contribution in [-0.2, 0) is 17.8 Å². The lowest BCUT2D eigenvalue weighted by atomic mass is 10.1. The van der Waals surface area contributed by atoms with Gasteiger partial charge in [-0.15, -0.1) is 0 Å². The van der Waals surface area contributed by atoms with Gasteiger partial charge in [-0.05, 0) is 31.0 Å². The lowest BCUT2D eigenvalue weighted by Crippen LogP contribution is -2.30. The van der Waals surface area contributed by atoms with Gasteiger partial charge in [-0.2, -0.15) is 0 Å². The van der Waals surface area contributed by atoms with Crippen molar-refractivity contribution >= 4 is 16.9 Å². The van der Waals surface area contributed by atoms with E-state index in [9.17, 15) is 4.79 Å². The summed E-state index contributed by atoms with van der Waals surface area (Å²) in [6.07, 6.45) is 1.88. The van der Waals surface area contributed by atoms with Crippen molar-refractivity contribution in [2.75, 3.05) is 0 Å². The molecule has 1 N–H and O–H groups in total. The predicted octanol–water partition coefficient (Wildman–Crippen LogP) is 3.87. The highest BCUT2D eigenvalue weighted by Gasteiger charge is 2.15. The molecule has 124 valence electrons. The smallest absolute Gasteiger partial charge is 0.240 e. The highest BCUT2D eigenvalue weighted by Crippen LogP contribution is 2.17. The van der Waals surface area contributed by atoms with E-state index in [1.165, 1.54) is 0 Å². The number of rotatable bonds is 6. The third-order valence-electron chi connectivity index (χ3n) is 4.19. The van der Waals surface area contributed by atoms with Gasteiger partial charge in [-0.25, -0.2) is 4.98 Å². The number of amides is 1. The summed E-state index contributed by atoms with van der Waals surface area (Å²) in [7, 11) is 0. The average molecular weight is 321 g/mol. The second kappa shape index (κ2) is 7.30. The van der Waals surface area contributed by atoms with Crippen LogP contribution in [0.3, 0.4) is 0 Å². The van der Waals surface area contributed by atoms with Gasteiger partial charge in [-0.1, -0.05) is 49.4 Å². The summed E-state index contributed by atoms with van der Waals surface area (Å²) in [6.45, 7) is 4.43. The number of aryl methyl sites for hydroxylation is 1. The fourth-order valence-electron chi connectivity index (χ4n) is 2.97.